The van der Waals surface area contributed by atoms with Gasteiger partial charge in [-0.2, -0.15) is 0 Å². The van der Waals surface area contributed by atoms with Gasteiger partial charge in [-0.15, -0.1) is 0 Å². The lowest BCUT2D eigenvalue weighted by molar-refractivity contribution is -0.113. The molecule has 0 fully saturated rings. The largest absolute Gasteiger partial charge is 0.333 e. The van der Waals surface area contributed by atoms with E-state index in [0.29, 0.717) is 5.75 Å². The summed E-state index contributed by atoms with van der Waals surface area (Å²) in [5.74, 6) is 0.302. The third-order valence-electron chi connectivity index (χ3n) is 3.45. The number of fused-ring (bicyclic) bond motifs is 1. The summed E-state index contributed by atoms with van der Waals surface area (Å²) in [7, 11) is 0. The first-order chi connectivity index (χ1) is 10.6. The summed E-state index contributed by atoms with van der Waals surface area (Å²) in [6, 6.07) is 13.8. The Balaban J connectivity index is 1.65. The van der Waals surface area contributed by atoms with Crippen molar-refractivity contribution in [3.63, 3.8) is 0 Å². The molecule has 3 aromatic rings. The van der Waals surface area contributed by atoms with Gasteiger partial charge in [-0.05, 0) is 37.1 Å². The molecule has 2 N–H and O–H groups in total. The topological polar surface area (TPSA) is 57.8 Å². The van der Waals surface area contributed by atoms with Crippen molar-refractivity contribution in [1.82, 2.24) is 9.97 Å². The molecular formula is C17H17N3OS. The number of carbonyl (C=O) groups is 1. The molecule has 4 nitrogen and oxygen atoms in total. The SMILES string of the molecule is Cc1cccc(C)c1NC(=O)CSc1nc2ccccc2[nH]1. The monoisotopic (exact) mass is 311 g/mol. The molecular weight excluding hydrogens is 294 g/mol. The van der Waals surface area contributed by atoms with Crippen LogP contribution in [0, 0.1) is 13.8 Å². The third-order valence-corrected chi connectivity index (χ3v) is 4.33. The maximum Gasteiger partial charge on any atom is 0.234 e. The van der Waals surface area contributed by atoms with E-state index in [1.165, 1.54) is 11.8 Å². The fraction of sp³-hybridized carbons (Fsp3) is 0.176. The number of benzene rings is 2. The van der Waals surface area contributed by atoms with Gasteiger partial charge < -0.3 is 10.3 Å². The van der Waals surface area contributed by atoms with E-state index in [0.717, 1.165) is 33.0 Å². The van der Waals surface area contributed by atoms with Gasteiger partial charge in [0.05, 0.1) is 16.8 Å². The van der Waals surface area contributed by atoms with E-state index in [2.05, 4.69) is 15.3 Å². The number of aromatic nitrogens is 2. The fourth-order valence-electron chi connectivity index (χ4n) is 2.32. The Morgan fingerprint density at radius 3 is 2.59 bits per heavy atom. The number of amides is 1. The molecule has 0 unspecified atom stereocenters. The van der Waals surface area contributed by atoms with E-state index in [1.807, 2.05) is 56.3 Å². The van der Waals surface area contributed by atoms with Gasteiger partial charge in [-0.25, -0.2) is 4.98 Å². The summed E-state index contributed by atoms with van der Waals surface area (Å²) in [5.41, 5.74) is 4.95. The van der Waals surface area contributed by atoms with Gasteiger partial charge in [-0.3, -0.25) is 4.79 Å². The number of aryl methyl sites for hydroxylation is 2. The number of nitrogens with zero attached hydrogens (tertiary/aromatic N) is 1. The summed E-state index contributed by atoms with van der Waals surface area (Å²) in [4.78, 5) is 19.8. The fourth-order valence-corrected chi connectivity index (χ4v) is 3.00. The molecule has 0 aliphatic rings. The number of rotatable bonds is 4. The van der Waals surface area contributed by atoms with Crippen molar-refractivity contribution in [1.29, 1.82) is 0 Å². The van der Waals surface area contributed by atoms with Gasteiger partial charge in [0.2, 0.25) is 5.91 Å². The van der Waals surface area contributed by atoms with Gasteiger partial charge in [-0.1, -0.05) is 42.1 Å². The van der Waals surface area contributed by atoms with Crippen LogP contribution in [0.1, 0.15) is 11.1 Å². The number of anilines is 1. The number of H-pyrrole nitrogens is 1. The zero-order valence-electron chi connectivity index (χ0n) is 12.5. The average Bonchev–Trinajstić information content (AvgIpc) is 2.92. The Bertz CT molecular complexity index is 772. The molecule has 112 valence electrons. The molecule has 0 saturated carbocycles. The van der Waals surface area contributed by atoms with Gasteiger partial charge in [0.1, 0.15) is 0 Å². The van der Waals surface area contributed by atoms with Gasteiger partial charge >= 0.3 is 0 Å². The maximum absolute atomic E-state index is 12.1. The van der Waals surface area contributed by atoms with Crippen LogP contribution in [0.15, 0.2) is 47.6 Å². The molecule has 5 heteroatoms. The zero-order valence-corrected chi connectivity index (χ0v) is 13.3. The first kappa shape index (κ1) is 14.7. The number of aromatic amines is 1. The lowest BCUT2D eigenvalue weighted by Gasteiger charge is -2.10. The molecule has 0 aliphatic carbocycles. The van der Waals surface area contributed by atoms with Crippen LogP contribution < -0.4 is 5.32 Å². The number of hydrogen-bond donors (Lipinski definition) is 2. The number of carbonyl (C=O) groups excluding carboxylic acids is 1. The van der Waals surface area contributed by atoms with Gasteiger partial charge in [0.25, 0.3) is 0 Å². The number of thioether (sulfide) groups is 1. The second-order valence-electron chi connectivity index (χ2n) is 5.16. The summed E-state index contributed by atoms with van der Waals surface area (Å²) in [6.45, 7) is 3.99. The molecule has 0 bridgehead atoms. The van der Waals surface area contributed by atoms with E-state index in [4.69, 9.17) is 0 Å². The molecule has 3 rings (SSSR count). The normalized spacial score (nSPS) is 10.8. The summed E-state index contributed by atoms with van der Waals surface area (Å²) in [5, 5.41) is 3.74. The van der Waals surface area contributed by atoms with E-state index in [1.54, 1.807) is 0 Å². The number of imidazole rings is 1. The Morgan fingerprint density at radius 1 is 1.14 bits per heavy atom. The highest BCUT2D eigenvalue weighted by Gasteiger charge is 2.09. The standard InChI is InChI=1S/C17H17N3OS/c1-11-6-5-7-12(2)16(11)20-15(21)10-22-17-18-13-8-3-4-9-14(13)19-17/h3-9H,10H2,1-2H3,(H,18,19)(H,20,21). The second-order valence-corrected chi connectivity index (χ2v) is 6.13. The molecule has 0 atom stereocenters. The molecule has 1 aromatic heterocycles. The Labute approximate surface area is 133 Å². The highest BCUT2D eigenvalue weighted by atomic mass is 32.2. The third kappa shape index (κ3) is 3.14. The zero-order chi connectivity index (χ0) is 15.5. The van der Waals surface area contributed by atoms with E-state index >= 15 is 0 Å². The summed E-state index contributed by atoms with van der Waals surface area (Å²) < 4.78 is 0. The predicted octanol–water partition coefficient (Wildman–Crippen LogP) is 3.91. The lowest BCUT2D eigenvalue weighted by atomic mass is 10.1. The van der Waals surface area contributed by atoms with Crippen molar-refractivity contribution >= 4 is 34.4 Å². The van der Waals surface area contributed by atoms with Crippen molar-refractivity contribution in [3.05, 3.63) is 53.6 Å². The number of hydrogen-bond acceptors (Lipinski definition) is 3. The number of para-hydroxylation sites is 3. The van der Waals surface area contributed by atoms with Crippen LogP contribution in [-0.4, -0.2) is 21.6 Å². The van der Waals surface area contributed by atoms with Crippen LogP contribution in [0.25, 0.3) is 11.0 Å². The van der Waals surface area contributed by atoms with Crippen molar-refractivity contribution in [2.24, 2.45) is 0 Å². The van der Waals surface area contributed by atoms with E-state index in [-0.39, 0.29) is 5.91 Å². The smallest absolute Gasteiger partial charge is 0.234 e. The minimum Gasteiger partial charge on any atom is -0.333 e. The van der Waals surface area contributed by atoms with Gasteiger partial charge in [0.15, 0.2) is 5.16 Å². The number of nitrogens with one attached hydrogen (secondary N) is 2. The van der Waals surface area contributed by atoms with Crippen LogP contribution in [0.5, 0.6) is 0 Å². The maximum atomic E-state index is 12.1. The quantitative estimate of drug-likeness (QED) is 0.718. The van der Waals surface area contributed by atoms with Crippen LogP contribution in [0.2, 0.25) is 0 Å². The first-order valence-corrected chi connectivity index (χ1v) is 8.05. The molecule has 0 aliphatic heterocycles. The Morgan fingerprint density at radius 2 is 1.86 bits per heavy atom. The average molecular weight is 311 g/mol. The summed E-state index contributed by atoms with van der Waals surface area (Å²) >= 11 is 1.41. The Hall–Kier alpha value is -2.27. The van der Waals surface area contributed by atoms with Crippen LogP contribution >= 0.6 is 11.8 Å². The van der Waals surface area contributed by atoms with Crippen molar-refractivity contribution in [3.8, 4) is 0 Å². The molecule has 0 radical (unpaired) electrons. The van der Waals surface area contributed by atoms with Crippen molar-refractivity contribution in [2.75, 3.05) is 11.1 Å². The van der Waals surface area contributed by atoms with E-state index < -0.39 is 0 Å². The highest BCUT2D eigenvalue weighted by Crippen LogP contribution is 2.22. The minimum atomic E-state index is -0.0251. The molecule has 0 spiro atoms. The lowest BCUT2D eigenvalue weighted by Crippen LogP contribution is -2.15. The van der Waals surface area contributed by atoms with Crippen LogP contribution in [-0.2, 0) is 4.79 Å². The first-order valence-electron chi connectivity index (χ1n) is 7.07. The van der Waals surface area contributed by atoms with Crippen LogP contribution in [0.3, 0.4) is 0 Å². The van der Waals surface area contributed by atoms with Crippen molar-refractivity contribution < 1.29 is 4.79 Å². The molecule has 1 heterocycles. The molecule has 1 amide bonds. The second kappa shape index (κ2) is 6.23. The summed E-state index contributed by atoms with van der Waals surface area (Å²) in [6.07, 6.45) is 0. The van der Waals surface area contributed by atoms with Crippen LogP contribution in [0.4, 0.5) is 5.69 Å². The minimum absolute atomic E-state index is 0.0251. The van der Waals surface area contributed by atoms with Gasteiger partial charge in [0, 0.05) is 5.69 Å². The van der Waals surface area contributed by atoms with E-state index in [9.17, 15) is 4.79 Å². The highest BCUT2D eigenvalue weighted by molar-refractivity contribution is 7.99. The molecule has 0 saturated heterocycles. The predicted molar refractivity (Wildman–Crippen MR) is 91.4 cm³/mol. The van der Waals surface area contributed by atoms with Crippen molar-refractivity contribution in [2.45, 2.75) is 19.0 Å². The Kier molecular flexibility index (Phi) is 4.15. The molecule has 22 heavy (non-hydrogen) atoms. The molecule has 2 aromatic carbocycles.